The van der Waals surface area contributed by atoms with E-state index in [2.05, 4.69) is 17.1 Å². The van der Waals surface area contributed by atoms with Crippen LogP contribution in [0.4, 0.5) is 0 Å². The lowest BCUT2D eigenvalue weighted by atomic mass is 10.3. The summed E-state index contributed by atoms with van der Waals surface area (Å²) in [6, 6.07) is 3.57. The summed E-state index contributed by atoms with van der Waals surface area (Å²) in [5.41, 5.74) is 0. The van der Waals surface area contributed by atoms with E-state index in [9.17, 15) is 4.79 Å². The van der Waals surface area contributed by atoms with E-state index in [-0.39, 0.29) is 5.76 Å². The standard InChI is InChI=1S/C13H20N2O3/c1-10(9-15-6-2-3-7-15)14-8-11-4-5-12(18-11)13(16)17/h4-5,10,14H,2-3,6-9H2,1H3,(H,16,17). The van der Waals surface area contributed by atoms with Crippen LogP contribution >= 0.6 is 0 Å². The van der Waals surface area contributed by atoms with E-state index in [0.717, 1.165) is 6.54 Å². The predicted molar refractivity (Wildman–Crippen MR) is 67.6 cm³/mol. The Kier molecular flexibility index (Phi) is 4.38. The molecule has 2 heterocycles. The molecule has 18 heavy (non-hydrogen) atoms. The summed E-state index contributed by atoms with van der Waals surface area (Å²) in [5.74, 6) is -0.356. The molecule has 1 unspecified atom stereocenters. The molecular formula is C13H20N2O3. The van der Waals surface area contributed by atoms with E-state index in [1.165, 1.54) is 32.0 Å². The van der Waals surface area contributed by atoms with Gasteiger partial charge in [0.25, 0.3) is 0 Å². The van der Waals surface area contributed by atoms with Gasteiger partial charge in [-0.2, -0.15) is 0 Å². The van der Waals surface area contributed by atoms with Crippen LogP contribution in [-0.4, -0.2) is 41.7 Å². The van der Waals surface area contributed by atoms with Gasteiger partial charge in [0.1, 0.15) is 5.76 Å². The molecule has 0 aliphatic carbocycles. The molecule has 1 aliphatic heterocycles. The number of carboxylic acids is 1. The second-order valence-electron chi connectivity index (χ2n) is 4.86. The summed E-state index contributed by atoms with van der Waals surface area (Å²) < 4.78 is 5.19. The fourth-order valence-electron chi connectivity index (χ4n) is 2.28. The first-order chi connectivity index (χ1) is 8.65. The molecule has 0 radical (unpaired) electrons. The largest absolute Gasteiger partial charge is 0.475 e. The van der Waals surface area contributed by atoms with Crippen LogP contribution in [0.15, 0.2) is 16.5 Å². The van der Waals surface area contributed by atoms with Crippen molar-refractivity contribution in [3.05, 3.63) is 23.7 Å². The van der Waals surface area contributed by atoms with Crippen molar-refractivity contribution in [3.63, 3.8) is 0 Å². The number of nitrogens with one attached hydrogen (secondary N) is 1. The molecule has 2 rings (SSSR count). The Bertz CT molecular complexity index is 397. The zero-order valence-corrected chi connectivity index (χ0v) is 10.7. The van der Waals surface area contributed by atoms with E-state index in [4.69, 9.17) is 9.52 Å². The first kappa shape index (κ1) is 13.1. The number of hydrogen-bond acceptors (Lipinski definition) is 4. The molecule has 0 aromatic carbocycles. The van der Waals surface area contributed by atoms with E-state index >= 15 is 0 Å². The Morgan fingerprint density at radius 2 is 2.22 bits per heavy atom. The molecule has 5 heteroatoms. The molecule has 0 spiro atoms. The first-order valence-corrected chi connectivity index (χ1v) is 6.43. The first-order valence-electron chi connectivity index (χ1n) is 6.43. The summed E-state index contributed by atoms with van der Waals surface area (Å²) in [6.45, 7) is 6.13. The summed E-state index contributed by atoms with van der Waals surface area (Å²) in [4.78, 5) is 13.1. The molecule has 0 bridgehead atoms. The highest BCUT2D eigenvalue weighted by atomic mass is 16.4. The third-order valence-electron chi connectivity index (χ3n) is 3.23. The van der Waals surface area contributed by atoms with Gasteiger partial charge >= 0.3 is 5.97 Å². The highest BCUT2D eigenvalue weighted by molar-refractivity contribution is 5.84. The molecule has 1 fully saturated rings. The Morgan fingerprint density at radius 3 is 2.83 bits per heavy atom. The van der Waals surface area contributed by atoms with Gasteiger partial charge in [0, 0.05) is 12.6 Å². The van der Waals surface area contributed by atoms with Gasteiger partial charge in [0.05, 0.1) is 6.54 Å². The number of carbonyl (C=O) groups is 1. The van der Waals surface area contributed by atoms with Crippen LogP contribution in [0.5, 0.6) is 0 Å². The Morgan fingerprint density at radius 1 is 1.50 bits per heavy atom. The van der Waals surface area contributed by atoms with Crippen LogP contribution in [0.25, 0.3) is 0 Å². The summed E-state index contributed by atoms with van der Waals surface area (Å²) in [6.07, 6.45) is 2.60. The Labute approximate surface area is 107 Å². The second kappa shape index (κ2) is 6.02. The molecule has 0 amide bonds. The van der Waals surface area contributed by atoms with Gasteiger partial charge in [-0.25, -0.2) is 4.79 Å². The van der Waals surface area contributed by atoms with Gasteiger partial charge in [-0.3, -0.25) is 0 Å². The highest BCUT2D eigenvalue weighted by Crippen LogP contribution is 2.09. The van der Waals surface area contributed by atoms with Crippen molar-refractivity contribution < 1.29 is 14.3 Å². The van der Waals surface area contributed by atoms with E-state index < -0.39 is 5.97 Å². The van der Waals surface area contributed by atoms with Crippen LogP contribution < -0.4 is 5.32 Å². The van der Waals surface area contributed by atoms with Crippen LogP contribution in [0, 0.1) is 0 Å². The van der Waals surface area contributed by atoms with Crippen molar-refractivity contribution in [1.82, 2.24) is 10.2 Å². The van der Waals surface area contributed by atoms with Crippen LogP contribution in [-0.2, 0) is 6.54 Å². The monoisotopic (exact) mass is 252 g/mol. The lowest BCUT2D eigenvalue weighted by molar-refractivity contribution is 0.0660. The fraction of sp³-hybridized carbons (Fsp3) is 0.615. The number of furan rings is 1. The van der Waals surface area contributed by atoms with Crippen molar-refractivity contribution >= 4 is 5.97 Å². The van der Waals surface area contributed by atoms with E-state index in [1.54, 1.807) is 6.07 Å². The lowest BCUT2D eigenvalue weighted by Crippen LogP contribution is -2.37. The third kappa shape index (κ3) is 3.58. The van der Waals surface area contributed by atoms with E-state index in [1.807, 2.05) is 0 Å². The average molecular weight is 252 g/mol. The van der Waals surface area contributed by atoms with Gasteiger partial charge in [-0.1, -0.05) is 0 Å². The number of likely N-dealkylation sites (tertiary alicyclic amines) is 1. The van der Waals surface area contributed by atoms with Gasteiger partial charge in [0.15, 0.2) is 0 Å². The number of nitrogens with zero attached hydrogens (tertiary/aromatic N) is 1. The minimum absolute atomic E-state index is 0.000930. The molecular weight excluding hydrogens is 232 g/mol. The van der Waals surface area contributed by atoms with Crippen LogP contribution in [0.3, 0.4) is 0 Å². The summed E-state index contributed by atoms with van der Waals surface area (Å²) in [5, 5.41) is 12.1. The zero-order chi connectivity index (χ0) is 13.0. The molecule has 1 saturated heterocycles. The van der Waals surface area contributed by atoms with E-state index in [0.29, 0.717) is 18.3 Å². The van der Waals surface area contributed by atoms with Crippen LogP contribution in [0.2, 0.25) is 0 Å². The predicted octanol–water partition coefficient (Wildman–Crippen LogP) is 1.55. The smallest absolute Gasteiger partial charge is 0.371 e. The number of rotatable bonds is 6. The maximum Gasteiger partial charge on any atom is 0.371 e. The van der Waals surface area contributed by atoms with Crippen molar-refractivity contribution in [2.45, 2.75) is 32.4 Å². The zero-order valence-electron chi connectivity index (χ0n) is 10.7. The topological polar surface area (TPSA) is 65.7 Å². The minimum Gasteiger partial charge on any atom is -0.475 e. The second-order valence-corrected chi connectivity index (χ2v) is 4.86. The highest BCUT2D eigenvalue weighted by Gasteiger charge is 2.15. The maximum atomic E-state index is 10.7. The van der Waals surface area contributed by atoms with Crippen LogP contribution in [0.1, 0.15) is 36.1 Å². The SMILES string of the molecule is CC(CN1CCCC1)NCc1ccc(C(=O)O)o1. The summed E-state index contributed by atoms with van der Waals surface area (Å²) in [7, 11) is 0. The lowest BCUT2D eigenvalue weighted by Gasteiger charge is -2.20. The summed E-state index contributed by atoms with van der Waals surface area (Å²) >= 11 is 0. The van der Waals surface area contributed by atoms with Gasteiger partial charge in [-0.05, 0) is 45.0 Å². The van der Waals surface area contributed by atoms with Crippen molar-refractivity contribution in [1.29, 1.82) is 0 Å². The number of carboxylic acid groups (broad SMARTS) is 1. The minimum atomic E-state index is -1.02. The molecule has 1 aromatic heterocycles. The molecule has 2 N–H and O–H groups in total. The number of aromatic carboxylic acids is 1. The quantitative estimate of drug-likeness (QED) is 0.804. The normalized spacial score (nSPS) is 18.1. The molecule has 1 atom stereocenters. The van der Waals surface area contributed by atoms with Crippen molar-refractivity contribution in [2.24, 2.45) is 0 Å². The van der Waals surface area contributed by atoms with Gasteiger partial charge in [-0.15, -0.1) is 0 Å². The Hall–Kier alpha value is -1.33. The Balaban J connectivity index is 1.74. The molecule has 100 valence electrons. The van der Waals surface area contributed by atoms with Crippen molar-refractivity contribution in [3.8, 4) is 0 Å². The number of hydrogen-bond donors (Lipinski definition) is 2. The molecule has 1 aliphatic rings. The average Bonchev–Trinajstić information content (AvgIpc) is 2.96. The molecule has 0 saturated carbocycles. The van der Waals surface area contributed by atoms with Gasteiger partial charge < -0.3 is 19.7 Å². The maximum absolute atomic E-state index is 10.7. The fourth-order valence-corrected chi connectivity index (χ4v) is 2.28. The molecule has 5 nitrogen and oxygen atoms in total. The third-order valence-corrected chi connectivity index (χ3v) is 3.23. The van der Waals surface area contributed by atoms with Crippen molar-refractivity contribution in [2.75, 3.05) is 19.6 Å². The van der Waals surface area contributed by atoms with Gasteiger partial charge in [0.2, 0.25) is 5.76 Å². The molecule has 1 aromatic rings.